The molecule has 1 unspecified atom stereocenters. The van der Waals surface area contributed by atoms with Gasteiger partial charge in [0.15, 0.2) is 11.6 Å². The van der Waals surface area contributed by atoms with Gasteiger partial charge in [0.25, 0.3) is 0 Å². The molecule has 0 saturated heterocycles. The molecule has 2 aromatic rings. The quantitative estimate of drug-likeness (QED) is 0.905. The van der Waals surface area contributed by atoms with Crippen molar-refractivity contribution in [1.82, 2.24) is 0 Å². The average molecular weight is 339 g/mol. The van der Waals surface area contributed by atoms with Gasteiger partial charge in [-0.15, -0.1) is 0 Å². The lowest BCUT2D eigenvalue weighted by atomic mass is 9.99. The summed E-state index contributed by atoms with van der Waals surface area (Å²) in [5, 5.41) is 10.3. The summed E-state index contributed by atoms with van der Waals surface area (Å²) in [5.74, 6) is -0.221. The molecule has 0 aliphatic carbocycles. The molecule has 0 aliphatic rings. The van der Waals surface area contributed by atoms with E-state index in [4.69, 9.17) is 4.74 Å². The predicted octanol–water partition coefficient (Wildman–Crippen LogP) is 4.18. The van der Waals surface area contributed by atoms with Crippen LogP contribution >= 0.6 is 15.9 Å². The topological polar surface area (TPSA) is 29.5 Å². The molecule has 2 aromatic carbocycles. The highest BCUT2D eigenvalue weighted by atomic mass is 79.9. The third-order valence-electron chi connectivity index (χ3n) is 3.13. The van der Waals surface area contributed by atoms with Crippen LogP contribution < -0.4 is 4.74 Å². The monoisotopic (exact) mass is 338 g/mol. The van der Waals surface area contributed by atoms with Gasteiger partial charge in [-0.25, -0.2) is 4.39 Å². The summed E-state index contributed by atoms with van der Waals surface area (Å²) in [6.07, 6.45) is -0.549. The molecule has 2 nitrogen and oxygen atoms in total. The Morgan fingerprint density at radius 1 is 1.30 bits per heavy atom. The van der Waals surface area contributed by atoms with Crippen molar-refractivity contribution in [3.05, 3.63) is 63.4 Å². The zero-order valence-corrected chi connectivity index (χ0v) is 12.9. The van der Waals surface area contributed by atoms with Crippen molar-refractivity contribution in [2.75, 3.05) is 7.11 Å². The van der Waals surface area contributed by atoms with E-state index < -0.39 is 11.9 Å². The highest BCUT2D eigenvalue weighted by Gasteiger charge is 2.15. The van der Waals surface area contributed by atoms with Gasteiger partial charge in [-0.1, -0.05) is 34.1 Å². The van der Waals surface area contributed by atoms with Crippen LogP contribution in [-0.2, 0) is 6.42 Å². The van der Waals surface area contributed by atoms with Crippen LogP contribution in [0.25, 0.3) is 0 Å². The lowest BCUT2D eigenvalue weighted by Crippen LogP contribution is -2.05. The maximum absolute atomic E-state index is 14.1. The largest absolute Gasteiger partial charge is 0.494 e. The molecule has 0 spiro atoms. The van der Waals surface area contributed by atoms with E-state index in [2.05, 4.69) is 15.9 Å². The fourth-order valence-corrected chi connectivity index (χ4v) is 2.78. The van der Waals surface area contributed by atoms with Crippen molar-refractivity contribution >= 4 is 15.9 Å². The molecule has 0 aromatic heterocycles. The SMILES string of the molecule is COc1cccc(CC(O)c2cc(C)cc(Br)c2)c1F. The number of aryl methyl sites for hydroxylation is 1. The number of aliphatic hydroxyl groups is 1. The zero-order valence-electron chi connectivity index (χ0n) is 11.4. The van der Waals surface area contributed by atoms with Gasteiger partial charge in [-0.3, -0.25) is 0 Å². The van der Waals surface area contributed by atoms with Crippen molar-refractivity contribution in [3.63, 3.8) is 0 Å². The Labute approximate surface area is 126 Å². The van der Waals surface area contributed by atoms with Gasteiger partial charge in [-0.05, 0) is 41.8 Å². The zero-order chi connectivity index (χ0) is 14.7. The second-order valence-corrected chi connectivity index (χ2v) is 5.63. The minimum absolute atomic E-state index is 0.195. The van der Waals surface area contributed by atoms with Gasteiger partial charge in [0, 0.05) is 10.9 Å². The molecule has 0 radical (unpaired) electrons. The lowest BCUT2D eigenvalue weighted by Gasteiger charge is -2.14. The molecule has 0 fully saturated rings. The highest BCUT2D eigenvalue weighted by Crippen LogP contribution is 2.27. The molecule has 0 bridgehead atoms. The Morgan fingerprint density at radius 3 is 2.70 bits per heavy atom. The van der Waals surface area contributed by atoms with Crippen LogP contribution in [0, 0.1) is 12.7 Å². The average Bonchev–Trinajstić information content (AvgIpc) is 2.40. The first-order valence-electron chi connectivity index (χ1n) is 6.28. The van der Waals surface area contributed by atoms with Gasteiger partial charge in [0.2, 0.25) is 0 Å². The summed E-state index contributed by atoms with van der Waals surface area (Å²) in [6, 6.07) is 10.6. The molecule has 0 heterocycles. The van der Waals surface area contributed by atoms with E-state index in [1.807, 2.05) is 25.1 Å². The number of rotatable bonds is 4. The predicted molar refractivity (Wildman–Crippen MR) is 80.5 cm³/mol. The molecule has 0 saturated carbocycles. The van der Waals surface area contributed by atoms with E-state index >= 15 is 0 Å². The molecule has 0 amide bonds. The molecule has 20 heavy (non-hydrogen) atoms. The fraction of sp³-hybridized carbons (Fsp3) is 0.250. The molecule has 1 N–H and O–H groups in total. The van der Waals surface area contributed by atoms with Gasteiger partial charge in [0.1, 0.15) is 0 Å². The van der Waals surface area contributed by atoms with Crippen LogP contribution in [0.5, 0.6) is 5.75 Å². The van der Waals surface area contributed by atoms with Gasteiger partial charge in [0.05, 0.1) is 13.2 Å². The first kappa shape index (κ1) is 15.0. The number of aliphatic hydroxyl groups excluding tert-OH is 1. The van der Waals surface area contributed by atoms with E-state index in [0.717, 1.165) is 15.6 Å². The third-order valence-corrected chi connectivity index (χ3v) is 3.58. The number of hydrogen-bond donors (Lipinski definition) is 1. The summed E-state index contributed by atoms with van der Waals surface area (Å²) >= 11 is 3.40. The van der Waals surface area contributed by atoms with Gasteiger partial charge < -0.3 is 9.84 Å². The van der Waals surface area contributed by atoms with E-state index in [1.54, 1.807) is 18.2 Å². The molecule has 106 valence electrons. The first-order valence-corrected chi connectivity index (χ1v) is 7.07. The number of halogens is 2. The summed E-state index contributed by atoms with van der Waals surface area (Å²) in [7, 11) is 1.43. The number of hydrogen-bond acceptors (Lipinski definition) is 2. The van der Waals surface area contributed by atoms with E-state index in [9.17, 15) is 9.50 Å². The van der Waals surface area contributed by atoms with Crippen molar-refractivity contribution < 1.29 is 14.2 Å². The van der Waals surface area contributed by atoms with E-state index in [1.165, 1.54) is 7.11 Å². The normalized spacial score (nSPS) is 12.2. The second kappa shape index (κ2) is 6.37. The second-order valence-electron chi connectivity index (χ2n) is 4.72. The van der Waals surface area contributed by atoms with Gasteiger partial charge in [-0.2, -0.15) is 0 Å². The smallest absolute Gasteiger partial charge is 0.168 e. The Bertz CT molecular complexity index is 593. The van der Waals surface area contributed by atoms with Gasteiger partial charge >= 0.3 is 0 Å². The molecule has 0 aliphatic heterocycles. The van der Waals surface area contributed by atoms with Crippen LogP contribution in [0.2, 0.25) is 0 Å². The fourth-order valence-electron chi connectivity index (χ4n) is 2.15. The van der Waals surface area contributed by atoms with Crippen LogP contribution in [0.3, 0.4) is 0 Å². The Balaban J connectivity index is 2.25. The first-order chi connectivity index (χ1) is 9.51. The Morgan fingerprint density at radius 2 is 2.05 bits per heavy atom. The van der Waals surface area contributed by atoms with E-state index in [-0.39, 0.29) is 12.2 Å². The molecule has 1 atom stereocenters. The number of methoxy groups -OCH3 is 1. The van der Waals surface area contributed by atoms with Crippen molar-refractivity contribution in [1.29, 1.82) is 0 Å². The Hall–Kier alpha value is -1.39. The minimum atomic E-state index is -0.757. The van der Waals surface area contributed by atoms with Crippen molar-refractivity contribution in [2.24, 2.45) is 0 Å². The minimum Gasteiger partial charge on any atom is -0.494 e. The lowest BCUT2D eigenvalue weighted by molar-refractivity contribution is 0.176. The van der Waals surface area contributed by atoms with Crippen LogP contribution in [0.15, 0.2) is 40.9 Å². The third kappa shape index (κ3) is 3.38. The maximum Gasteiger partial charge on any atom is 0.168 e. The molecular weight excluding hydrogens is 323 g/mol. The molecule has 4 heteroatoms. The summed E-state index contributed by atoms with van der Waals surface area (Å²) in [6.45, 7) is 1.95. The van der Waals surface area contributed by atoms with E-state index in [0.29, 0.717) is 5.56 Å². The number of benzene rings is 2. The maximum atomic E-state index is 14.1. The van der Waals surface area contributed by atoms with Crippen molar-refractivity contribution in [3.8, 4) is 5.75 Å². The molecule has 2 rings (SSSR count). The molecular formula is C16H16BrFO2. The van der Waals surface area contributed by atoms with Crippen molar-refractivity contribution in [2.45, 2.75) is 19.4 Å². The van der Waals surface area contributed by atoms with Crippen LogP contribution in [0.4, 0.5) is 4.39 Å². The highest BCUT2D eigenvalue weighted by molar-refractivity contribution is 9.10. The number of ether oxygens (including phenoxy) is 1. The summed E-state index contributed by atoms with van der Waals surface area (Å²) < 4.78 is 19.9. The standard InChI is InChI=1S/C16H16BrFO2/c1-10-6-12(8-13(17)7-10)14(19)9-11-4-3-5-15(20-2)16(11)18/h3-8,14,19H,9H2,1-2H3. The summed E-state index contributed by atoms with van der Waals surface area (Å²) in [5.41, 5.74) is 2.24. The summed E-state index contributed by atoms with van der Waals surface area (Å²) in [4.78, 5) is 0. The van der Waals surface area contributed by atoms with Crippen LogP contribution in [0.1, 0.15) is 22.8 Å². The van der Waals surface area contributed by atoms with Crippen LogP contribution in [-0.4, -0.2) is 12.2 Å². The Kier molecular flexibility index (Phi) is 4.78.